The topological polar surface area (TPSA) is 54.5 Å². The normalized spacial score (nSPS) is 14.8. The Hall–Kier alpha value is -2.73. The monoisotopic (exact) mass is 327 g/mol. The predicted molar refractivity (Wildman–Crippen MR) is 89.2 cm³/mol. The minimum atomic E-state index is -0.490. The minimum absolute atomic E-state index is 0.0624. The molecular formula is C18H18FN3O2. The van der Waals surface area contributed by atoms with Crippen LogP contribution in [0.5, 0.6) is 11.5 Å². The Morgan fingerprint density at radius 3 is 2.83 bits per heavy atom. The van der Waals surface area contributed by atoms with Crippen LogP contribution in [0.1, 0.15) is 5.56 Å². The quantitative estimate of drug-likeness (QED) is 0.877. The molecule has 0 radical (unpaired) electrons. The van der Waals surface area contributed by atoms with E-state index in [-0.39, 0.29) is 11.7 Å². The van der Waals surface area contributed by atoms with Crippen LogP contribution in [0.15, 0.2) is 48.8 Å². The fourth-order valence-corrected chi connectivity index (χ4v) is 2.40. The van der Waals surface area contributed by atoms with E-state index in [2.05, 4.69) is 10.3 Å². The van der Waals surface area contributed by atoms with E-state index < -0.39 is 5.82 Å². The third-order valence-corrected chi connectivity index (χ3v) is 3.67. The Labute approximate surface area is 139 Å². The number of amides is 1. The van der Waals surface area contributed by atoms with Crippen LogP contribution in [0.3, 0.4) is 0 Å². The molecule has 1 aliphatic rings. The number of aromatic nitrogens is 1. The lowest BCUT2D eigenvalue weighted by Crippen LogP contribution is -2.45. The second kappa shape index (κ2) is 7.70. The van der Waals surface area contributed by atoms with Gasteiger partial charge in [0.15, 0.2) is 11.6 Å². The maximum Gasteiger partial charge on any atom is 0.246 e. The van der Waals surface area contributed by atoms with Gasteiger partial charge in [0.05, 0.1) is 6.20 Å². The number of rotatable bonds is 4. The lowest BCUT2D eigenvalue weighted by molar-refractivity contribution is -0.126. The fraction of sp³-hybridized carbons (Fsp3) is 0.222. The largest absolute Gasteiger partial charge is 0.453 e. The van der Waals surface area contributed by atoms with Crippen molar-refractivity contribution in [1.29, 1.82) is 0 Å². The highest BCUT2D eigenvalue weighted by Gasteiger charge is 2.13. The molecule has 24 heavy (non-hydrogen) atoms. The molecule has 0 bridgehead atoms. The highest BCUT2D eigenvalue weighted by molar-refractivity contribution is 5.91. The Kier molecular flexibility index (Phi) is 5.18. The third kappa shape index (κ3) is 4.17. The summed E-state index contributed by atoms with van der Waals surface area (Å²) in [5, 5.41) is 3.19. The summed E-state index contributed by atoms with van der Waals surface area (Å²) >= 11 is 0. The first kappa shape index (κ1) is 16.1. The molecule has 0 saturated carbocycles. The van der Waals surface area contributed by atoms with E-state index in [4.69, 9.17) is 4.74 Å². The van der Waals surface area contributed by atoms with Crippen molar-refractivity contribution in [3.63, 3.8) is 0 Å². The van der Waals surface area contributed by atoms with Crippen LogP contribution in [0.25, 0.3) is 6.08 Å². The van der Waals surface area contributed by atoms with Crippen molar-refractivity contribution in [2.24, 2.45) is 0 Å². The molecule has 1 saturated heterocycles. The summed E-state index contributed by atoms with van der Waals surface area (Å²) in [7, 11) is 0. The highest BCUT2D eigenvalue weighted by atomic mass is 19.1. The predicted octanol–water partition coefficient (Wildman–Crippen LogP) is 2.46. The van der Waals surface area contributed by atoms with Crippen molar-refractivity contribution in [3.8, 4) is 11.5 Å². The molecule has 1 aliphatic heterocycles. The number of halogens is 1. The Morgan fingerprint density at radius 2 is 2.12 bits per heavy atom. The third-order valence-electron chi connectivity index (χ3n) is 3.67. The van der Waals surface area contributed by atoms with Gasteiger partial charge in [-0.25, -0.2) is 4.39 Å². The number of hydrogen-bond acceptors (Lipinski definition) is 4. The number of piperazine rings is 1. The molecular weight excluding hydrogens is 309 g/mol. The van der Waals surface area contributed by atoms with Crippen molar-refractivity contribution in [1.82, 2.24) is 15.2 Å². The van der Waals surface area contributed by atoms with Gasteiger partial charge in [-0.1, -0.05) is 6.07 Å². The summed E-state index contributed by atoms with van der Waals surface area (Å²) in [6.07, 6.45) is 6.22. The lowest BCUT2D eigenvalue weighted by atomic mass is 10.2. The Morgan fingerprint density at radius 1 is 1.29 bits per heavy atom. The van der Waals surface area contributed by atoms with Crippen LogP contribution in [-0.2, 0) is 4.79 Å². The molecule has 1 aromatic carbocycles. The van der Waals surface area contributed by atoms with E-state index in [1.54, 1.807) is 35.4 Å². The maximum atomic E-state index is 14.1. The summed E-state index contributed by atoms with van der Waals surface area (Å²) in [5.74, 6) is 0.0328. The summed E-state index contributed by atoms with van der Waals surface area (Å²) in [6, 6.07) is 8.00. The second-order valence-corrected chi connectivity index (χ2v) is 5.39. The fourth-order valence-electron chi connectivity index (χ4n) is 2.40. The Balaban J connectivity index is 1.65. The minimum Gasteiger partial charge on any atom is -0.453 e. The number of pyridine rings is 1. The highest BCUT2D eigenvalue weighted by Crippen LogP contribution is 2.24. The molecule has 6 heteroatoms. The average molecular weight is 327 g/mol. The van der Waals surface area contributed by atoms with Gasteiger partial charge in [0.2, 0.25) is 5.91 Å². The van der Waals surface area contributed by atoms with Crippen molar-refractivity contribution >= 4 is 12.0 Å². The smallest absolute Gasteiger partial charge is 0.246 e. The Bertz CT molecular complexity index is 728. The van der Waals surface area contributed by atoms with Gasteiger partial charge >= 0.3 is 0 Å². The van der Waals surface area contributed by atoms with Crippen LogP contribution in [-0.4, -0.2) is 42.0 Å². The van der Waals surface area contributed by atoms with E-state index >= 15 is 0 Å². The molecule has 1 fully saturated rings. The first-order valence-electron chi connectivity index (χ1n) is 7.77. The molecule has 3 rings (SSSR count). The van der Waals surface area contributed by atoms with Crippen molar-refractivity contribution in [2.75, 3.05) is 26.2 Å². The molecule has 2 aromatic rings. The van der Waals surface area contributed by atoms with Crippen molar-refractivity contribution < 1.29 is 13.9 Å². The summed E-state index contributed by atoms with van der Waals surface area (Å²) in [5.41, 5.74) is 0.606. The van der Waals surface area contributed by atoms with E-state index in [0.717, 1.165) is 13.1 Å². The zero-order valence-electron chi connectivity index (χ0n) is 13.1. The van der Waals surface area contributed by atoms with Crippen LogP contribution in [0, 0.1) is 5.82 Å². The molecule has 124 valence electrons. The van der Waals surface area contributed by atoms with E-state index in [0.29, 0.717) is 24.4 Å². The first-order chi connectivity index (χ1) is 11.7. The molecule has 2 heterocycles. The number of nitrogens with zero attached hydrogens (tertiary/aromatic N) is 2. The van der Waals surface area contributed by atoms with Gasteiger partial charge in [-0.2, -0.15) is 0 Å². The molecule has 0 spiro atoms. The van der Waals surface area contributed by atoms with E-state index in [1.165, 1.54) is 24.4 Å². The zero-order chi connectivity index (χ0) is 16.8. The van der Waals surface area contributed by atoms with Crippen LogP contribution in [0.4, 0.5) is 4.39 Å². The molecule has 1 N–H and O–H groups in total. The van der Waals surface area contributed by atoms with Crippen LogP contribution < -0.4 is 10.1 Å². The zero-order valence-corrected chi connectivity index (χ0v) is 13.1. The summed E-state index contributed by atoms with van der Waals surface area (Å²) in [4.78, 5) is 17.7. The standard InChI is InChI=1S/C18H18FN3O2/c19-16-12-14(4-6-18(23)22-10-8-20-9-11-22)3-5-17(16)24-15-2-1-7-21-13-15/h1-7,12-13,20H,8-11H2. The van der Waals surface area contributed by atoms with Gasteiger partial charge in [-0.05, 0) is 35.9 Å². The number of nitrogens with one attached hydrogen (secondary N) is 1. The van der Waals surface area contributed by atoms with Gasteiger partial charge in [0.1, 0.15) is 5.75 Å². The summed E-state index contributed by atoms with van der Waals surface area (Å²) in [6.45, 7) is 2.98. The van der Waals surface area contributed by atoms with E-state index in [1.807, 2.05) is 0 Å². The van der Waals surface area contributed by atoms with Gasteiger partial charge in [-0.15, -0.1) is 0 Å². The van der Waals surface area contributed by atoms with Gasteiger partial charge in [0.25, 0.3) is 0 Å². The number of carbonyl (C=O) groups is 1. The van der Waals surface area contributed by atoms with Gasteiger partial charge in [0, 0.05) is 38.5 Å². The summed E-state index contributed by atoms with van der Waals surface area (Å²) < 4.78 is 19.6. The van der Waals surface area contributed by atoms with E-state index in [9.17, 15) is 9.18 Å². The van der Waals surface area contributed by atoms with Crippen LogP contribution >= 0.6 is 0 Å². The molecule has 1 amide bonds. The molecule has 1 aromatic heterocycles. The SMILES string of the molecule is O=C(C=Cc1ccc(Oc2cccnc2)c(F)c1)N1CCNCC1. The maximum absolute atomic E-state index is 14.1. The number of hydrogen-bond donors (Lipinski definition) is 1. The second-order valence-electron chi connectivity index (χ2n) is 5.39. The van der Waals surface area contributed by atoms with Crippen molar-refractivity contribution in [3.05, 3.63) is 60.2 Å². The van der Waals surface area contributed by atoms with Crippen molar-refractivity contribution in [2.45, 2.75) is 0 Å². The molecule has 5 nitrogen and oxygen atoms in total. The average Bonchev–Trinajstić information content (AvgIpc) is 2.63. The molecule has 0 atom stereocenters. The first-order valence-corrected chi connectivity index (χ1v) is 7.77. The number of carbonyl (C=O) groups excluding carboxylic acids is 1. The lowest BCUT2D eigenvalue weighted by Gasteiger charge is -2.26. The van der Waals surface area contributed by atoms with Gasteiger partial charge in [-0.3, -0.25) is 9.78 Å². The number of ether oxygens (including phenoxy) is 1. The van der Waals surface area contributed by atoms with Crippen LogP contribution in [0.2, 0.25) is 0 Å². The molecule has 0 unspecified atom stereocenters. The number of benzene rings is 1. The van der Waals surface area contributed by atoms with Gasteiger partial charge < -0.3 is 15.0 Å². The molecule has 0 aliphatic carbocycles.